The van der Waals surface area contributed by atoms with Crippen LogP contribution in [0, 0.1) is 5.92 Å². The molecule has 2 aliphatic rings. The van der Waals surface area contributed by atoms with Gasteiger partial charge >= 0.3 is 0 Å². The minimum absolute atomic E-state index is 0.0199. The van der Waals surface area contributed by atoms with E-state index in [0.717, 1.165) is 51.3 Å². The molecule has 126 valence electrons. The molecule has 1 unspecified atom stereocenters. The standard InChI is InChI=1S/C18H26N2O3/c1-19(13-17(21)15-5-6-15)18(22)16-4-2-3-14(11-16)12-20-7-9-23-10-8-20/h2-4,11,15,17,21H,5-10,12-13H2,1H3. The molecule has 5 nitrogen and oxygen atoms in total. The fourth-order valence-electron chi connectivity index (χ4n) is 3.03. The lowest BCUT2D eigenvalue weighted by Crippen LogP contribution is -2.36. The van der Waals surface area contributed by atoms with Crippen molar-refractivity contribution in [2.45, 2.75) is 25.5 Å². The molecule has 0 bridgehead atoms. The molecule has 0 spiro atoms. The van der Waals surface area contributed by atoms with Gasteiger partial charge in [-0.2, -0.15) is 0 Å². The van der Waals surface area contributed by atoms with E-state index < -0.39 is 0 Å². The van der Waals surface area contributed by atoms with Crippen molar-refractivity contribution in [3.8, 4) is 0 Å². The Balaban J connectivity index is 1.59. The number of aliphatic hydroxyl groups is 1. The van der Waals surface area contributed by atoms with Crippen LogP contribution in [-0.2, 0) is 11.3 Å². The summed E-state index contributed by atoms with van der Waals surface area (Å²) in [6, 6.07) is 7.82. The molecule has 1 N–H and O–H groups in total. The molecule has 1 atom stereocenters. The highest BCUT2D eigenvalue weighted by molar-refractivity contribution is 5.94. The van der Waals surface area contributed by atoms with Crippen LogP contribution >= 0.6 is 0 Å². The predicted octanol–water partition coefficient (Wildman–Crippen LogP) is 1.36. The van der Waals surface area contributed by atoms with E-state index >= 15 is 0 Å². The number of rotatable bonds is 6. The minimum atomic E-state index is -0.388. The van der Waals surface area contributed by atoms with E-state index in [0.29, 0.717) is 18.0 Å². The Morgan fingerprint density at radius 2 is 2.13 bits per heavy atom. The zero-order valence-electron chi connectivity index (χ0n) is 13.8. The fourth-order valence-corrected chi connectivity index (χ4v) is 3.03. The Hall–Kier alpha value is -1.43. The summed E-state index contributed by atoms with van der Waals surface area (Å²) in [7, 11) is 1.77. The van der Waals surface area contributed by atoms with Gasteiger partial charge in [-0.3, -0.25) is 9.69 Å². The van der Waals surface area contributed by atoms with Gasteiger partial charge < -0.3 is 14.7 Å². The number of aliphatic hydroxyl groups excluding tert-OH is 1. The van der Waals surface area contributed by atoms with Gasteiger partial charge in [0, 0.05) is 38.8 Å². The first kappa shape index (κ1) is 16.4. The topological polar surface area (TPSA) is 53.0 Å². The van der Waals surface area contributed by atoms with Crippen LogP contribution in [0.15, 0.2) is 24.3 Å². The third kappa shape index (κ3) is 4.53. The molecule has 1 saturated heterocycles. The molecule has 1 aliphatic carbocycles. The quantitative estimate of drug-likeness (QED) is 0.860. The summed E-state index contributed by atoms with van der Waals surface area (Å²) in [6.45, 7) is 4.69. The maximum atomic E-state index is 12.5. The Kier molecular flexibility index (Phi) is 5.30. The summed E-state index contributed by atoms with van der Waals surface area (Å²) >= 11 is 0. The van der Waals surface area contributed by atoms with Crippen LogP contribution in [0.1, 0.15) is 28.8 Å². The largest absolute Gasteiger partial charge is 0.391 e. The molecule has 1 aliphatic heterocycles. The summed E-state index contributed by atoms with van der Waals surface area (Å²) in [5.41, 5.74) is 1.84. The molecular formula is C18H26N2O3. The van der Waals surface area contributed by atoms with Crippen molar-refractivity contribution in [2.24, 2.45) is 5.92 Å². The smallest absolute Gasteiger partial charge is 0.253 e. The van der Waals surface area contributed by atoms with E-state index in [9.17, 15) is 9.90 Å². The highest BCUT2D eigenvalue weighted by Gasteiger charge is 2.31. The third-order valence-electron chi connectivity index (χ3n) is 4.66. The van der Waals surface area contributed by atoms with Crippen molar-refractivity contribution in [3.05, 3.63) is 35.4 Å². The Bertz CT molecular complexity index is 539. The first-order chi connectivity index (χ1) is 11.1. The van der Waals surface area contributed by atoms with Crippen molar-refractivity contribution in [3.63, 3.8) is 0 Å². The van der Waals surface area contributed by atoms with Gasteiger partial charge in [-0.15, -0.1) is 0 Å². The summed E-state index contributed by atoms with van der Waals surface area (Å²) in [6.07, 6.45) is 1.77. The average molecular weight is 318 g/mol. The van der Waals surface area contributed by atoms with Crippen molar-refractivity contribution in [1.29, 1.82) is 0 Å². The predicted molar refractivity (Wildman–Crippen MR) is 88.2 cm³/mol. The monoisotopic (exact) mass is 318 g/mol. The number of likely N-dealkylation sites (N-methyl/N-ethyl adjacent to an activating group) is 1. The molecule has 1 heterocycles. The Morgan fingerprint density at radius 3 is 2.83 bits per heavy atom. The van der Waals surface area contributed by atoms with Crippen LogP contribution in [0.2, 0.25) is 0 Å². The van der Waals surface area contributed by atoms with E-state index in [2.05, 4.69) is 11.0 Å². The number of carbonyl (C=O) groups excluding carboxylic acids is 1. The highest BCUT2D eigenvalue weighted by atomic mass is 16.5. The second kappa shape index (κ2) is 7.43. The van der Waals surface area contributed by atoms with Gasteiger partial charge in [0.25, 0.3) is 5.91 Å². The van der Waals surface area contributed by atoms with Crippen LogP contribution in [0.4, 0.5) is 0 Å². The molecule has 23 heavy (non-hydrogen) atoms. The number of nitrogens with zero attached hydrogens (tertiary/aromatic N) is 2. The van der Waals surface area contributed by atoms with Gasteiger partial charge in [-0.25, -0.2) is 0 Å². The highest BCUT2D eigenvalue weighted by Crippen LogP contribution is 2.32. The van der Waals surface area contributed by atoms with Gasteiger partial charge in [0.2, 0.25) is 0 Å². The number of hydrogen-bond acceptors (Lipinski definition) is 4. The molecule has 1 amide bonds. The maximum Gasteiger partial charge on any atom is 0.253 e. The number of hydrogen-bond donors (Lipinski definition) is 1. The lowest BCUT2D eigenvalue weighted by atomic mass is 10.1. The fraction of sp³-hybridized carbons (Fsp3) is 0.611. The number of amides is 1. The van der Waals surface area contributed by atoms with Gasteiger partial charge in [-0.05, 0) is 36.5 Å². The van der Waals surface area contributed by atoms with E-state index in [-0.39, 0.29) is 12.0 Å². The first-order valence-corrected chi connectivity index (χ1v) is 8.46. The van der Waals surface area contributed by atoms with Gasteiger partial charge in [0.05, 0.1) is 19.3 Å². The number of benzene rings is 1. The van der Waals surface area contributed by atoms with E-state index in [1.165, 1.54) is 0 Å². The van der Waals surface area contributed by atoms with Crippen LogP contribution in [0.5, 0.6) is 0 Å². The molecule has 3 rings (SSSR count). The number of carbonyl (C=O) groups is 1. The normalized spacial score (nSPS) is 20.3. The van der Waals surface area contributed by atoms with E-state index in [1.807, 2.05) is 18.2 Å². The third-order valence-corrected chi connectivity index (χ3v) is 4.66. The lowest BCUT2D eigenvalue weighted by Gasteiger charge is -2.27. The van der Waals surface area contributed by atoms with Crippen molar-refractivity contribution >= 4 is 5.91 Å². The Morgan fingerprint density at radius 1 is 1.39 bits per heavy atom. The maximum absolute atomic E-state index is 12.5. The number of morpholine rings is 1. The lowest BCUT2D eigenvalue weighted by molar-refractivity contribution is 0.0341. The van der Waals surface area contributed by atoms with E-state index in [1.54, 1.807) is 11.9 Å². The molecule has 2 fully saturated rings. The van der Waals surface area contributed by atoms with Crippen molar-refractivity contribution in [2.75, 3.05) is 39.9 Å². The van der Waals surface area contributed by atoms with E-state index in [4.69, 9.17) is 4.74 Å². The van der Waals surface area contributed by atoms with Crippen molar-refractivity contribution < 1.29 is 14.6 Å². The molecule has 1 saturated carbocycles. The molecule has 0 radical (unpaired) electrons. The zero-order chi connectivity index (χ0) is 16.2. The second-order valence-corrected chi connectivity index (χ2v) is 6.68. The van der Waals surface area contributed by atoms with Gasteiger partial charge in [0.15, 0.2) is 0 Å². The molecule has 0 aromatic heterocycles. The van der Waals surface area contributed by atoms with Crippen molar-refractivity contribution in [1.82, 2.24) is 9.80 Å². The summed E-state index contributed by atoms with van der Waals surface area (Å²) < 4.78 is 5.37. The average Bonchev–Trinajstić information content (AvgIpc) is 3.40. The molecular weight excluding hydrogens is 292 g/mol. The second-order valence-electron chi connectivity index (χ2n) is 6.68. The summed E-state index contributed by atoms with van der Waals surface area (Å²) in [5, 5.41) is 10.0. The minimum Gasteiger partial charge on any atom is -0.391 e. The molecule has 1 aromatic rings. The van der Waals surface area contributed by atoms with Gasteiger partial charge in [-0.1, -0.05) is 12.1 Å². The SMILES string of the molecule is CN(CC(O)C1CC1)C(=O)c1cccc(CN2CCOCC2)c1. The van der Waals surface area contributed by atoms with Crippen LogP contribution in [-0.4, -0.2) is 66.8 Å². The van der Waals surface area contributed by atoms with Gasteiger partial charge in [0.1, 0.15) is 0 Å². The molecule has 5 heteroatoms. The van der Waals surface area contributed by atoms with Crippen LogP contribution in [0.25, 0.3) is 0 Å². The number of ether oxygens (including phenoxy) is 1. The Labute approximate surface area is 137 Å². The van der Waals surface area contributed by atoms with Crippen LogP contribution < -0.4 is 0 Å². The zero-order valence-corrected chi connectivity index (χ0v) is 13.8. The molecule has 1 aromatic carbocycles. The van der Waals surface area contributed by atoms with Crippen LogP contribution in [0.3, 0.4) is 0 Å². The summed E-state index contributed by atoms with van der Waals surface area (Å²) in [5.74, 6) is 0.367. The summed E-state index contributed by atoms with van der Waals surface area (Å²) in [4.78, 5) is 16.5. The first-order valence-electron chi connectivity index (χ1n) is 8.46.